The van der Waals surface area contributed by atoms with Gasteiger partial charge in [0.1, 0.15) is 0 Å². The predicted octanol–water partition coefficient (Wildman–Crippen LogP) is 2.34. The van der Waals surface area contributed by atoms with Gasteiger partial charge in [0.05, 0.1) is 10.5 Å². The number of nitrogens with zero attached hydrogens (tertiary/aromatic N) is 3. The molecule has 7 heteroatoms. The van der Waals surface area contributed by atoms with Crippen LogP contribution in [0.25, 0.3) is 0 Å². The summed E-state index contributed by atoms with van der Waals surface area (Å²) < 4.78 is 14.3. The van der Waals surface area contributed by atoms with E-state index in [0.29, 0.717) is 0 Å². The smallest absolute Gasteiger partial charge is 0.258 e. The fraction of sp³-hybridized carbons (Fsp3) is 0.571. The molecule has 0 amide bonds. The Morgan fingerprint density at radius 2 is 2.07 bits per heavy atom. The minimum absolute atomic E-state index is 0.428. The summed E-state index contributed by atoms with van der Waals surface area (Å²) in [5, 5.41) is 13.6. The van der Waals surface area contributed by atoms with E-state index in [1.165, 1.54) is 0 Å². The van der Waals surface area contributed by atoms with E-state index in [1.54, 1.807) is 20.8 Å². The Morgan fingerprint density at radius 3 is 2.29 bits per heavy atom. The van der Waals surface area contributed by atoms with Crippen LogP contribution in [0.1, 0.15) is 20.8 Å². The van der Waals surface area contributed by atoms with Gasteiger partial charge in [-0.15, -0.1) is 0 Å². The van der Waals surface area contributed by atoms with Gasteiger partial charge in [0, 0.05) is 0 Å². The molecule has 78 valence electrons. The van der Waals surface area contributed by atoms with Crippen molar-refractivity contribution in [3.8, 4) is 0 Å². The number of rotatable bonds is 1. The van der Waals surface area contributed by atoms with Crippen LogP contribution in [0.3, 0.4) is 0 Å². The summed E-state index contributed by atoms with van der Waals surface area (Å²) in [7, 11) is 0. The molecule has 0 N–H and O–H groups in total. The van der Waals surface area contributed by atoms with Crippen molar-refractivity contribution in [1.29, 1.82) is 0 Å². The lowest BCUT2D eigenvalue weighted by molar-refractivity contribution is -0.387. The molecule has 0 aliphatic carbocycles. The second-order valence-electron chi connectivity index (χ2n) is 3.77. The number of halogens is 2. The largest absolute Gasteiger partial charge is 0.362 e. The van der Waals surface area contributed by atoms with Crippen LogP contribution in [-0.4, -0.2) is 14.7 Å². The Balaban J connectivity index is 3.39. The van der Waals surface area contributed by atoms with Crippen molar-refractivity contribution in [3.05, 3.63) is 21.2 Å². The maximum atomic E-state index is 13.4. The summed E-state index contributed by atoms with van der Waals surface area (Å²) in [6.07, 6.45) is 0. The van der Waals surface area contributed by atoms with E-state index in [4.69, 9.17) is 11.6 Å². The molecular formula is C7H9ClFN3O2. The zero-order valence-electron chi connectivity index (χ0n) is 7.91. The first-order chi connectivity index (χ1) is 6.25. The lowest BCUT2D eigenvalue weighted by Gasteiger charge is -2.18. The maximum Gasteiger partial charge on any atom is 0.362 e. The third-order valence-electron chi connectivity index (χ3n) is 1.58. The highest BCUT2D eigenvalue weighted by Crippen LogP contribution is 2.29. The Kier molecular flexibility index (Phi) is 2.49. The molecule has 0 radical (unpaired) electrons. The molecule has 14 heavy (non-hydrogen) atoms. The molecular weight excluding hydrogens is 213 g/mol. The number of nitro groups is 1. The summed E-state index contributed by atoms with van der Waals surface area (Å²) in [5.74, 6) is -1.02. The van der Waals surface area contributed by atoms with Gasteiger partial charge in [0.25, 0.3) is 5.95 Å². The Hall–Kier alpha value is -1.17. The molecule has 1 aromatic rings. The summed E-state index contributed by atoms with van der Waals surface area (Å²) in [4.78, 5) is 9.53. The van der Waals surface area contributed by atoms with Crippen molar-refractivity contribution in [2.75, 3.05) is 0 Å². The van der Waals surface area contributed by atoms with Gasteiger partial charge in [-0.05, 0) is 20.8 Å². The zero-order chi connectivity index (χ0) is 11.1. The fourth-order valence-electron chi connectivity index (χ4n) is 0.960. The summed E-state index contributed by atoms with van der Waals surface area (Å²) in [5.41, 5.74) is -1.45. The molecule has 1 rings (SSSR count). The van der Waals surface area contributed by atoms with E-state index < -0.39 is 27.3 Å². The predicted molar refractivity (Wildman–Crippen MR) is 48.8 cm³/mol. The Morgan fingerprint density at radius 1 is 1.57 bits per heavy atom. The minimum atomic E-state index is -1.02. The van der Waals surface area contributed by atoms with E-state index in [9.17, 15) is 14.5 Å². The van der Waals surface area contributed by atoms with E-state index in [-0.39, 0.29) is 0 Å². The van der Waals surface area contributed by atoms with E-state index in [0.717, 1.165) is 4.68 Å². The van der Waals surface area contributed by atoms with Gasteiger partial charge in [0.15, 0.2) is 0 Å². The third-order valence-corrected chi connectivity index (χ3v) is 1.84. The molecule has 0 fully saturated rings. The molecule has 0 aromatic carbocycles. The zero-order valence-corrected chi connectivity index (χ0v) is 8.67. The number of aromatic nitrogens is 2. The van der Waals surface area contributed by atoms with Gasteiger partial charge < -0.3 is 0 Å². The first-order valence-electron chi connectivity index (χ1n) is 3.84. The molecule has 0 saturated carbocycles. The van der Waals surface area contributed by atoms with Crippen LogP contribution in [0.2, 0.25) is 5.15 Å². The molecule has 0 aliphatic rings. The fourth-order valence-corrected chi connectivity index (χ4v) is 1.18. The third kappa shape index (κ3) is 1.70. The van der Waals surface area contributed by atoms with Crippen molar-refractivity contribution in [2.24, 2.45) is 0 Å². The Labute approximate surface area is 84.6 Å². The van der Waals surface area contributed by atoms with Crippen LogP contribution in [0.5, 0.6) is 0 Å². The highest BCUT2D eigenvalue weighted by molar-refractivity contribution is 6.31. The second kappa shape index (κ2) is 3.20. The van der Waals surface area contributed by atoms with Crippen LogP contribution in [0, 0.1) is 16.1 Å². The van der Waals surface area contributed by atoms with Crippen LogP contribution in [0.4, 0.5) is 10.1 Å². The van der Waals surface area contributed by atoms with Crippen molar-refractivity contribution in [3.63, 3.8) is 0 Å². The van der Waals surface area contributed by atoms with Gasteiger partial charge in [-0.1, -0.05) is 11.6 Å². The molecule has 0 spiro atoms. The van der Waals surface area contributed by atoms with Crippen molar-refractivity contribution >= 4 is 17.3 Å². The van der Waals surface area contributed by atoms with Gasteiger partial charge in [0.2, 0.25) is 5.15 Å². The lowest BCUT2D eigenvalue weighted by Crippen LogP contribution is -2.24. The number of hydrogen-bond acceptors (Lipinski definition) is 3. The van der Waals surface area contributed by atoms with Gasteiger partial charge in [-0.25, -0.2) is 4.68 Å². The van der Waals surface area contributed by atoms with Crippen molar-refractivity contribution in [1.82, 2.24) is 9.78 Å². The van der Waals surface area contributed by atoms with Gasteiger partial charge in [-0.2, -0.15) is 9.49 Å². The minimum Gasteiger partial charge on any atom is -0.258 e. The van der Waals surface area contributed by atoms with E-state index >= 15 is 0 Å². The molecule has 1 aromatic heterocycles. The number of hydrogen-bond donors (Lipinski definition) is 0. The first-order valence-corrected chi connectivity index (χ1v) is 4.22. The van der Waals surface area contributed by atoms with Crippen LogP contribution >= 0.6 is 11.6 Å². The SMILES string of the molecule is CC(C)(C)n1nc(Cl)c([N+](=O)[O-])c1F. The molecule has 0 saturated heterocycles. The van der Waals surface area contributed by atoms with E-state index in [2.05, 4.69) is 5.10 Å². The molecule has 0 bridgehead atoms. The molecule has 0 unspecified atom stereocenters. The van der Waals surface area contributed by atoms with Crippen molar-refractivity contribution in [2.45, 2.75) is 26.3 Å². The summed E-state index contributed by atoms with van der Waals surface area (Å²) in [6.45, 7) is 5.01. The average molecular weight is 222 g/mol. The quantitative estimate of drug-likeness (QED) is 0.540. The van der Waals surface area contributed by atoms with Gasteiger partial charge >= 0.3 is 5.69 Å². The maximum absolute atomic E-state index is 13.4. The molecule has 0 atom stereocenters. The first kappa shape index (κ1) is 10.9. The summed E-state index contributed by atoms with van der Waals surface area (Å²) >= 11 is 5.44. The second-order valence-corrected chi connectivity index (χ2v) is 4.13. The topological polar surface area (TPSA) is 61.0 Å². The highest BCUT2D eigenvalue weighted by Gasteiger charge is 2.31. The highest BCUT2D eigenvalue weighted by atomic mass is 35.5. The average Bonchev–Trinajstić information content (AvgIpc) is 2.24. The van der Waals surface area contributed by atoms with Gasteiger partial charge in [-0.3, -0.25) is 10.1 Å². The van der Waals surface area contributed by atoms with Crippen molar-refractivity contribution < 1.29 is 9.31 Å². The van der Waals surface area contributed by atoms with Crippen LogP contribution in [0.15, 0.2) is 0 Å². The summed E-state index contributed by atoms with van der Waals surface area (Å²) in [6, 6.07) is 0. The standard InChI is InChI=1S/C7H9ClFN3O2/c1-7(2,3)11-6(9)4(12(13)14)5(8)10-11/h1-3H3. The van der Waals surface area contributed by atoms with Crippen LogP contribution in [-0.2, 0) is 5.54 Å². The van der Waals surface area contributed by atoms with E-state index in [1.807, 2.05) is 0 Å². The molecule has 5 nitrogen and oxygen atoms in total. The lowest BCUT2D eigenvalue weighted by atomic mass is 10.1. The molecule has 1 heterocycles. The van der Waals surface area contributed by atoms with Crippen LogP contribution < -0.4 is 0 Å². The normalized spacial score (nSPS) is 11.8. The molecule has 0 aliphatic heterocycles. The Bertz CT molecular complexity index is 383. The monoisotopic (exact) mass is 221 g/mol.